The maximum atomic E-state index is 13.7. The Kier molecular flexibility index (Phi) is 4.27. The van der Waals surface area contributed by atoms with Gasteiger partial charge in [-0.25, -0.2) is 23.0 Å². The van der Waals surface area contributed by atoms with Gasteiger partial charge in [-0.05, 0) is 23.8 Å². The number of hydrogen-bond acceptors (Lipinski definition) is 2. The molecule has 0 saturated heterocycles. The number of hydrazine groups is 1. The summed E-state index contributed by atoms with van der Waals surface area (Å²) >= 11 is 5.54. The maximum Gasteiger partial charge on any atom is 0.194 e. The molecule has 0 saturated carbocycles. The summed E-state index contributed by atoms with van der Waals surface area (Å²) in [5.74, 6) is 0.249. The zero-order chi connectivity index (χ0) is 14.9. The van der Waals surface area contributed by atoms with E-state index in [9.17, 15) is 17.6 Å². The Bertz CT molecular complexity index is 649. The molecule has 0 heterocycles. The molecule has 2 rings (SSSR count). The number of rotatable bonds is 3. The molecule has 2 nitrogen and oxygen atoms in total. The van der Waals surface area contributed by atoms with Crippen LogP contribution in [0.2, 0.25) is 5.02 Å². The van der Waals surface area contributed by atoms with Gasteiger partial charge < -0.3 is 0 Å². The first-order valence-corrected chi connectivity index (χ1v) is 5.88. The first-order chi connectivity index (χ1) is 9.45. The highest BCUT2D eigenvalue weighted by atomic mass is 35.5. The number of nitrogens with two attached hydrogens (primary N) is 1. The predicted molar refractivity (Wildman–Crippen MR) is 66.9 cm³/mol. The fraction of sp³-hybridized carbons (Fsp3) is 0.0769. The molecule has 0 amide bonds. The Balaban J connectivity index is 2.52. The van der Waals surface area contributed by atoms with Crippen LogP contribution in [0.5, 0.6) is 0 Å². The van der Waals surface area contributed by atoms with Gasteiger partial charge in [0.1, 0.15) is 5.82 Å². The summed E-state index contributed by atoms with van der Waals surface area (Å²) in [5, 5.41) is -0.115. The van der Waals surface area contributed by atoms with Gasteiger partial charge in [0.25, 0.3) is 0 Å². The van der Waals surface area contributed by atoms with Crippen LogP contribution in [0.4, 0.5) is 17.6 Å². The minimum absolute atomic E-state index is 0.115. The average Bonchev–Trinajstić information content (AvgIpc) is 2.43. The Morgan fingerprint density at radius 3 is 2.25 bits per heavy atom. The molecule has 106 valence electrons. The minimum Gasteiger partial charge on any atom is -0.271 e. The minimum atomic E-state index is -1.61. The molecule has 7 heteroatoms. The number of benzene rings is 2. The summed E-state index contributed by atoms with van der Waals surface area (Å²) in [6.45, 7) is 0. The summed E-state index contributed by atoms with van der Waals surface area (Å²) in [5.41, 5.74) is 2.21. The normalized spacial score (nSPS) is 12.5. The van der Waals surface area contributed by atoms with E-state index in [1.165, 1.54) is 12.1 Å². The van der Waals surface area contributed by atoms with Crippen molar-refractivity contribution in [2.45, 2.75) is 6.04 Å². The van der Waals surface area contributed by atoms with Gasteiger partial charge >= 0.3 is 0 Å². The molecule has 1 atom stereocenters. The molecule has 0 spiro atoms. The molecule has 2 aromatic rings. The molecular weight excluding hydrogens is 296 g/mol. The number of hydrogen-bond donors (Lipinski definition) is 2. The van der Waals surface area contributed by atoms with Crippen LogP contribution >= 0.6 is 11.6 Å². The third-order valence-electron chi connectivity index (χ3n) is 2.82. The molecule has 0 aliphatic carbocycles. The largest absolute Gasteiger partial charge is 0.271 e. The van der Waals surface area contributed by atoms with E-state index in [0.717, 1.165) is 18.2 Å². The second-order valence-electron chi connectivity index (χ2n) is 4.04. The first-order valence-electron chi connectivity index (χ1n) is 5.50. The molecule has 1 unspecified atom stereocenters. The van der Waals surface area contributed by atoms with Gasteiger partial charge in [0.2, 0.25) is 0 Å². The zero-order valence-corrected chi connectivity index (χ0v) is 10.7. The molecule has 0 aliphatic rings. The lowest BCUT2D eigenvalue weighted by Gasteiger charge is -2.18. The van der Waals surface area contributed by atoms with Crippen molar-refractivity contribution in [3.05, 3.63) is 69.8 Å². The highest BCUT2D eigenvalue weighted by Gasteiger charge is 2.22. The van der Waals surface area contributed by atoms with Gasteiger partial charge in [-0.1, -0.05) is 23.7 Å². The van der Waals surface area contributed by atoms with Gasteiger partial charge in [0.15, 0.2) is 17.5 Å². The van der Waals surface area contributed by atoms with E-state index in [2.05, 4.69) is 5.43 Å². The van der Waals surface area contributed by atoms with Crippen molar-refractivity contribution < 1.29 is 17.6 Å². The number of nitrogens with one attached hydrogen (secondary N) is 1. The monoisotopic (exact) mass is 304 g/mol. The van der Waals surface area contributed by atoms with Crippen molar-refractivity contribution >= 4 is 11.6 Å². The molecule has 0 fully saturated rings. The van der Waals surface area contributed by atoms with Crippen molar-refractivity contribution in [1.29, 1.82) is 0 Å². The van der Waals surface area contributed by atoms with Crippen molar-refractivity contribution in [2.75, 3.05) is 0 Å². The highest BCUT2D eigenvalue weighted by Crippen LogP contribution is 2.28. The summed E-state index contributed by atoms with van der Waals surface area (Å²) in [7, 11) is 0. The van der Waals surface area contributed by atoms with Crippen LogP contribution in [0.25, 0.3) is 0 Å². The quantitative estimate of drug-likeness (QED) is 0.394. The van der Waals surface area contributed by atoms with E-state index in [1.54, 1.807) is 0 Å². The highest BCUT2D eigenvalue weighted by molar-refractivity contribution is 6.30. The van der Waals surface area contributed by atoms with Crippen LogP contribution in [-0.2, 0) is 0 Å². The lowest BCUT2D eigenvalue weighted by molar-refractivity contribution is 0.433. The Morgan fingerprint density at radius 1 is 0.950 bits per heavy atom. The molecular formula is C13H9ClF4N2. The Hall–Kier alpha value is -1.63. The van der Waals surface area contributed by atoms with Crippen LogP contribution < -0.4 is 11.3 Å². The predicted octanol–water partition coefficient (Wildman–Crippen LogP) is 3.45. The third-order valence-corrected chi connectivity index (χ3v) is 3.13. The van der Waals surface area contributed by atoms with Gasteiger partial charge in [0, 0.05) is 5.56 Å². The fourth-order valence-corrected chi connectivity index (χ4v) is 1.94. The van der Waals surface area contributed by atoms with Crippen molar-refractivity contribution in [3.8, 4) is 0 Å². The standard InChI is InChI=1S/C13H9ClF4N2/c14-8-3-1-6(5-10(8)16)13(20-19)7-2-4-9(15)12(18)11(7)17/h1-5,13,20H,19H2. The zero-order valence-electron chi connectivity index (χ0n) is 9.93. The van der Waals surface area contributed by atoms with Gasteiger partial charge in [-0.2, -0.15) is 0 Å². The fourth-order valence-electron chi connectivity index (χ4n) is 1.82. The number of halogens is 5. The molecule has 0 bridgehead atoms. The lowest BCUT2D eigenvalue weighted by Crippen LogP contribution is -2.30. The van der Waals surface area contributed by atoms with E-state index >= 15 is 0 Å². The van der Waals surface area contributed by atoms with Crippen LogP contribution in [0.1, 0.15) is 17.2 Å². The van der Waals surface area contributed by atoms with Crippen LogP contribution in [0, 0.1) is 23.3 Å². The summed E-state index contributed by atoms with van der Waals surface area (Å²) in [4.78, 5) is 0. The molecule has 0 radical (unpaired) electrons. The molecule has 20 heavy (non-hydrogen) atoms. The van der Waals surface area contributed by atoms with Crippen molar-refractivity contribution in [2.24, 2.45) is 5.84 Å². The van der Waals surface area contributed by atoms with E-state index < -0.39 is 29.3 Å². The van der Waals surface area contributed by atoms with Gasteiger partial charge in [-0.3, -0.25) is 5.84 Å². The maximum absolute atomic E-state index is 13.7. The second kappa shape index (κ2) is 5.78. The van der Waals surface area contributed by atoms with Crippen molar-refractivity contribution in [3.63, 3.8) is 0 Å². The third kappa shape index (κ3) is 2.63. The Morgan fingerprint density at radius 2 is 1.65 bits per heavy atom. The van der Waals surface area contributed by atoms with Crippen molar-refractivity contribution in [1.82, 2.24) is 5.43 Å². The van der Waals surface area contributed by atoms with Crippen LogP contribution in [0.3, 0.4) is 0 Å². The SMILES string of the molecule is NNC(c1ccc(Cl)c(F)c1)c1ccc(F)c(F)c1F. The summed E-state index contributed by atoms with van der Waals surface area (Å²) in [6, 6.07) is 4.45. The van der Waals surface area contributed by atoms with Crippen LogP contribution in [0.15, 0.2) is 30.3 Å². The Labute approximate surface area is 117 Å². The van der Waals surface area contributed by atoms with Gasteiger partial charge in [0.05, 0.1) is 11.1 Å². The van der Waals surface area contributed by atoms with E-state index in [4.69, 9.17) is 17.4 Å². The second-order valence-corrected chi connectivity index (χ2v) is 4.45. The molecule has 0 aliphatic heterocycles. The lowest BCUT2D eigenvalue weighted by atomic mass is 9.98. The van der Waals surface area contributed by atoms with Crippen LogP contribution in [-0.4, -0.2) is 0 Å². The topological polar surface area (TPSA) is 38.0 Å². The molecule has 0 aromatic heterocycles. The summed E-state index contributed by atoms with van der Waals surface area (Å²) in [6.07, 6.45) is 0. The average molecular weight is 305 g/mol. The smallest absolute Gasteiger partial charge is 0.194 e. The van der Waals surface area contributed by atoms with E-state index in [-0.39, 0.29) is 16.1 Å². The molecule has 3 N–H and O–H groups in total. The first kappa shape index (κ1) is 14.8. The summed E-state index contributed by atoms with van der Waals surface area (Å²) < 4.78 is 53.3. The van der Waals surface area contributed by atoms with E-state index in [1.807, 2.05) is 0 Å². The van der Waals surface area contributed by atoms with Gasteiger partial charge in [-0.15, -0.1) is 0 Å². The molecule has 2 aromatic carbocycles. The van der Waals surface area contributed by atoms with E-state index in [0.29, 0.717) is 0 Å².